The molecule has 1 fully saturated rings. The van der Waals surface area contributed by atoms with Gasteiger partial charge in [-0.2, -0.15) is 11.3 Å². The van der Waals surface area contributed by atoms with Crippen molar-refractivity contribution in [2.45, 2.75) is 6.54 Å². The summed E-state index contributed by atoms with van der Waals surface area (Å²) >= 11 is 1.71. The van der Waals surface area contributed by atoms with Gasteiger partial charge in [0.05, 0.1) is 0 Å². The van der Waals surface area contributed by atoms with Crippen molar-refractivity contribution in [3.8, 4) is 0 Å². The molecule has 0 aliphatic carbocycles. The Morgan fingerprint density at radius 3 is 2.81 bits per heavy atom. The quantitative estimate of drug-likeness (QED) is 0.924. The van der Waals surface area contributed by atoms with Gasteiger partial charge in [0.2, 0.25) is 0 Å². The van der Waals surface area contributed by atoms with E-state index in [2.05, 4.69) is 31.7 Å². The highest BCUT2D eigenvalue weighted by Gasteiger charge is 2.22. The van der Waals surface area contributed by atoms with Crippen LogP contribution in [0, 0.1) is 0 Å². The minimum atomic E-state index is -0.980. The third kappa shape index (κ3) is 3.20. The zero-order chi connectivity index (χ0) is 14.7. The van der Waals surface area contributed by atoms with Gasteiger partial charge in [-0.15, -0.1) is 0 Å². The Morgan fingerprint density at radius 2 is 2.14 bits per heavy atom. The molecular formula is C14H16N4O2S. The van der Waals surface area contributed by atoms with Crippen LogP contribution in [0.15, 0.2) is 29.4 Å². The summed E-state index contributed by atoms with van der Waals surface area (Å²) in [5.74, 6) is -0.459. The van der Waals surface area contributed by atoms with Crippen LogP contribution in [0.3, 0.4) is 0 Å². The molecule has 0 saturated carbocycles. The van der Waals surface area contributed by atoms with Crippen molar-refractivity contribution in [2.75, 3.05) is 31.1 Å². The number of nitrogens with zero attached hydrogens (tertiary/aromatic N) is 4. The summed E-state index contributed by atoms with van der Waals surface area (Å²) < 4.78 is 0. The lowest BCUT2D eigenvalue weighted by atomic mass is 10.2. The highest BCUT2D eigenvalue weighted by Crippen LogP contribution is 2.19. The molecule has 3 rings (SSSR count). The van der Waals surface area contributed by atoms with Crippen LogP contribution in [0.1, 0.15) is 15.9 Å². The fraction of sp³-hybridized carbons (Fsp3) is 0.357. The van der Waals surface area contributed by atoms with E-state index in [9.17, 15) is 9.90 Å². The van der Waals surface area contributed by atoms with E-state index in [-0.39, 0.29) is 5.56 Å². The van der Waals surface area contributed by atoms with Gasteiger partial charge in [-0.25, -0.2) is 14.8 Å². The van der Waals surface area contributed by atoms with Crippen LogP contribution in [-0.4, -0.2) is 52.1 Å². The third-order valence-electron chi connectivity index (χ3n) is 3.58. The number of rotatable bonds is 4. The molecule has 1 saturated heterocycles. The summed E-state index contributed by atoms with van der Waals surface area (Å²) in [6, 6.07) is 2.14. The standard InChI is InChI=1S/C14H16N4O2S/c19-14(20)12-7-15-10-16-13(12)18-4-2-17(3-5-18)8-11-1-6-21-9-11/h1,6-7,9-10H,2-5,8H2,(H,19,20). The molecule has 0 spiro atoms. The third-order valence-corrected chi connectivity index (χ3v) is 4.31. The summed E-state index contributed by atoms with van der Waals surface area (Å²) in [6.07, 6.45) is 2.77. The first-order valence-electron chi connectivity index (χ1n) is 6.75. The maximum Gasteiger partial charge on any atom is 0.341 e. The molecule has 6 nitrogen and oxygen atoms in total. The molecule has 1 N–H and O–H groups in total. The predicted octanol–water partition coefficient (Wildman–Crippen LogP) is 1.56. The van der Waals surface area contributed by atoms with E-state index in [4.69, 9.17) is 0 Å². The summed E-state index contributed by atoms with van der Waals surface area (Å²) in [4.78, 5) is 23.6. The Labute approximate surface area is 126 Å². The van der Waals surface area contributed by atoms with Crippen molar-refractivity contribution in [1.82, 2.24) is 14.9 Å². The van der Waals surface area contributed by atoms with Crippen LogP contribution >= 0.6 is 11.3 Å². The molecule has 3 heterocycles. The molecule has 110 valence electrons. The minimum Gasteiger partial charge on any atom is -0.477 e. The molecule has 1 aliphatic rings. The van der Waals surface area contributed by atoms with Crippen LogP contribution in [0.2, 0.25) is 0 Å². The smallest absolute Gasteiger partial charge is 0.341 e. The van der Waals surface area contributed by atoms with Crippen LogP contribution in [0.5, 0.6) is 0 Å². The molecule has 0 amide bonds. The summed E-state index contributed by atoms with van der Waals surface area (Å²) in [6.45, 7) is 4.31. The van der Waals surface area contributed by atoms with E-state index in [1.807, 2.05) is 4.90 Å². The molecule has 1 aliphatic heterocycles. The van der Waals surface area contributed by atoms with Crippen LogP contribution in [0.25, 0.3) is 0 Å². The number of carboxylic acid groups (broad SMARTS) is 1. The number of thiophene rings is 1. The van der Waals surface area contributed by atoms with E-state index >= 15 is 0 Å². The second kappa shape index (κ2) is 6.19. The van der Waals surface area contributed by atoms with Crippen LogP contribution in [0.4, 0.5) is 5.82 Å². The van der Waals surface area contributed by atoms with Gasteiger partial charge in [-0.05, 0) is 22.4 Å². The fourth-order valence-electron chi connectivity index (χ4n) is 2.48. The number of carbonyl (C=O) groups is 1. The first kappa shape index (κ1) is 14.0. The monoisotopic (exact) mass is 304 g/mol. The zero-order valence-corrected chi connectivity index (χ0v) is 12.3. The van der Waals surface area contributed by atoms with Gasteiger partial charge < -0.3 is 10.0 Å². The van der Waals surface area contributed by atoms with Crippen LogP contribution in [-0.2, 0) is 6.54 Å². The average molecular weight is 304 g/mol. The Bertz CT molecular complexity index is 609. The van der Waals surface area contributed by atoms with Gasteiger partial charge in [0.15, 0.2) is 0 Å². The number of hydrogen-bond acceptors (Lipinski definition) is 6. The minimum absolute atomic E-state index is 0.170. The lowest BCUT2D eigenvalue weighted by molar-refractivity contribution is 0.0696. The Hall–Kier alpha value is -1.99. The zero-order valence-electron chi connectivity index (χ0n) is 11.5. The van der Waals surface area contributed by atoms with Crippen molar-refractivity contribution in [2.24, 2.45) is 0 Å². The highest BCUT2D eigenvalue weighted by molar-refractivity contribution is 7.07. The first-order valence-corrected chi connectivity index (χ1v) is 7.70. The van der Waals surface area contributed by atoms with Gasteiger partial charge in [0, 0.05) is 38.9 Å². The van der Waals surface area contributed by atoms with Gasteiger partial charge in [-0.1, -0.05) is 0 Å². The second-order valence-corrected chi connectivity index (χ2v) is 5.74. The molecule has 0 unspecified atom stereocenters. The lowest BCUT2D eigenvalue weighted by Crippen LogP contribution is -2.46. The summed E-state index contributed by atoms with van der Waals surface area (Å²) in [7, 11) is 0. The predicted molar refractivity (Wildman–Crippen MR) is 80.8 cm³/mol. The van der Waals surface area contributed by atoms with Gasteiger partial charge in [0.1, 0.15) is 17.7 Å². The number of aromatic carboxylic acids is 1. The average Bonchev–Trinajstić information content (AvgIpc) is 3.01. The number of piperazine rings is 1. The van der Waals surface area contributed by atoms with Crippen molar-refractivity contribution in [1.29, 1.82) is 0 Å². The Kier molecular flexibility index (Phi) is 4.12. The molecule has 7 heteroatoms. The van der Waals surface area contributed by atoms with Crippen molar-refractivity contribution in [3.63, 3.8) is 0 Å². The topological polar surface area (TPSA) is 69.6 Å². The van der Waals surface area contributed by atoms with Crippen molar-refractivity contribution in [3.05, 3.63) is 40.5 Å². The van der Waals surface area contributed by atoms with Gasteiger partial charge >= 0.3 is 5.97 Å². The van der Waals surface area contributed by atoms with Crippen molar-refractivity contribution < 1.29 is 9.90 Å². The SMILES string of the molecule is O=C(O)c1cncnc1N1CCN(Cc2ccsc2)CC1. The second-order valence-electron chi connectivity index (χ2n) is 4.96. The molecule has 2 aromatic rings. The number of aromatic nitrogens is 2. The maximum absolute atomic E-state index is 11.2. The van der Waals surface area contributed by atoms with E-state index < -0.39 is 5.97 Å². The molecule has 21 heavy (non-hydrogen) atoms. The molecular weight excluding hydrogens is 288 g/mol. The largest absolute Gasteiger partial charge is 0.477 e. The van der Waals surface area contributed by atoms with E-state index in [0.29, 0.717) is 5.82 Å². The maximum atomic E-state index is 11.2. The molecule has 0 aromatic carbocycles. The van der Waals surface area contributed by atoms with E-state index in [1.165, 1.54) is 18.1 Å². The van der Waals surface area contributed by atoms with Gasteiger partial charge in [0.25, 0.3) is 0 Å². The normalized spacial score (nSPS) is 16.1. The molecule has 0 radical (unpaired) electrons. The number of anilines is 1. The van der Waals surface area contributed by atoms with Gasteiger partial charge in [-0.3, -0.25) is 4.90 Å². The molecule has 0 atom stereocenters. The van der Waals surface area contributed by atoms with Crippen molar-refractivity contribution >= 4 is 23.1 Å². The fourth-order valence-corrected chi connectivity index (χ4v) is 3.14. The highest BCUT2D eigenvalue weighted by atomic mass is 32.1. The molecule has 2 aromatic heterocycles. The Balaban J connectivity index is 1.64. The first-order chi connectivity index (χ1) is 10.2. The van der Waals surface area contributed by atoms with E-state index in [1.54, 1.807) is 11.3 Å². The molecule has 0 bridgehead atoms. The van der Waals surface area contributed by atoms with Crippen LogP contribution < -0.4 is 4.90 Å². The van der Waals surface area contributed by atoms with E-state index in [0.717, 1.165) is 32.7 Å². The Morgan fingerprint density at radius 1 is 1.33 bits per heavy atom. The lowest BCUT2D eigenvalue weighted by Gasteiger charge is -2.35. The number of carboxylic acids is 1. The summed E-state index contributed by atoms with van der Waals surface area (Å²) in [5, 5.41) is 13.5. The summed E-state index contributed by atoms with van der Waals surface area (Å²) in [5.41, 5.74) is 1.51. The number of hydrogen-bond donors (Lipinski definition) is 1.